The van der Waals surface area contributed by atoms with Gasteiger partial charge in [-0.1, -0.05) is 6.92 Å². The molecule has 0 N–H and O–H groups in total. The molecule has 26 heavy (non-hydrogen) atoms. The smallest absolute Gasteiger partial charge is 0.222 e. The summed E-state index contributed by atoms with van der Waals surface area (Å²) in [6.07, 6.45) is 9.27. The maximum absolute atomic E-state index is 12.2. The van der Waals surface area contributed by atoms with E-state index in [0.717, 1.165) is 69.7 Å². The second-order valence-electron chi connectivity index (χ2n) is 7.62. The maximum Gasteiger partial charge on any atom is 0.222 e. The normalized spacial score (nSPS) is 22.8. The summed E-state index contributed by atoms with van der Waals surface area (Å²) in [5, 5.41) is 0. The third-order valence-corrected chi connectivity index (χ3v) is 5.97. The van der Waals surface area contributed by atoms with E-state index in [-0.39, 0.29) is 0 Å². The number of pyridine rings is 1. The molecule has 0 bridgehead atoms. The number of carbonyl (C=O) groups excluding carboxylic acids is 1. The molecule has 144 valence electrons. The first-order valence-electron chi connectivity index (χ1n) is 10.2. The van der Waals surface area contributed by atoms with Gasteiger partial charge in [0, 0.05) is 37.7 Å². The SMILES string of the molecule is CCCC(=O)N1CCCC(N2CCC(c3ncccc3OC)CC2)CC1. The molecule has 1 amide bonds. The van der Waals surface area contributed by atoms with Crippen molar-refractivity contribution in [2.75, 3.05) is 33.3 Å². The van der Waals surface area contributed by atoms with E-state index in [1.165, 1.54) is 6.42 Å². The molecule has 1 unspecified atom stereocenters. The number of hydrogen-bond donors (Lipinski definition) is 0. The highest BCUT2D eigenvalue weighted by atomic mass is 16.5. The third kappa shape index (κ3) is 4.56. The summed E-state index contributed by atoms with van der Waals surface area (Å²) in [6, 6.07) is 4.58. The molecule has 2 fully saturated rings. The largest absolute Gasteiger partial charge is 0.495 e. The Kier molecular flexibility index (Phi) is 6.89. The number of rotatable bonds is 5. The van der Waals surface area contributed by atoms with Crippen LogP contribution in [0.5, 0.6) is 5.75 Å². The van der Waals surface area contributed by atoms with Crippen LogP contribution in [0.3, 0.4) is 0 Å². The van der Waals surface area contributed by atoms with E-state index >= 15 is 0 Å². The lowest BCUT2D eigenvalue weighted by Crippen LogP contribution is -2.42. The summed E-state index contributed by atoms with van der Waals surface area (Å²) in [4.78, 5) is 21.5. The Morgan fingerprint density at radius 2 is 2.00 bits per heavy atom. The monoisotopic (exact) mass is 359 g/mol. The van der Waals surface area contributed by atoms with Crippen molar-refractivity contribution in [3.63, 3.8) is 0 Å². The fourth-order valence-electron chi connectivity index (χ4n) is 4.49. The fourth-order valence-corrected chi connectivity index (χ4v) is 4.49. The van der Waals surface area contributed by atoms with Crippen molar-refractivity contribution < 1.29 is 9.53 Å². The Bertz CT molecular complexity index is 584. The Hall–Kier alpha value is -1.62. The molecule has 3 rings (SSSR count). The van der Waals surface area contributed by atoms with Crippen LogP contribution in [0.2, 0.25) is 0 Å². The highest BCUT2D eigenvalue weighted by Crippen LogP contribution is 2.34. The van der Waals surface area contributed by atoms with E-state index in [0.29, 0.717) is 24.3 Å². The van der Waals surface area contributed by atoms with Gasteiger partial charge < -0.3 is 14.5 Å². The summed E-state index contributed by atoms with van der Waals surface area (Å²) in [5.41, 5.74) is 1.12. The van der Waals surface area contributed by atoms with Crippen molar-refractivity contribution in [1.82, 2.24) is 14.8 Å². The fraction of sp³-hybridized carbons (Fsp3) is 0.714. The number of carbonyl (C=O) groups is 1. The molecular formula is C21H33N3O2. The lowest BCUT2D eigenvalue weighted by Gasteiger charge is -2.37. The van der Waals surface area contributed by atoms with Gasteiger partial charge in [-0.15, -0.1) is 0 Å². The van der Waals surface area contributed by atoms with Crippen LogP contribution in [-0.4, -0.2) is 60.0 Å². The van der Waals surface area contributed by atoms with Gasteiger partial charge in [0.2, 0.25) is 5.91 Å². The average Bonchev–Trinajstić information content (AvgIpc) is 2.94. The molecule has 1 aromatic rings. The van der Waals surface area contributed by atoms with E-state index < -0.39 is 0 Å². The van der Waals surface area contributed by atoms with Gasteiger partial charge in [-0.3, -0.25) is 9.78 Å². The zero-order chi connectivity index (χ0) is 18.4. The molecule has 0 saturated carbocycles. The van der Waals surface area contributed by atoms with Crippen LogP contribution in [0.1, 0.15) is 63.5 Å². The van der Waals surface area contributed by atoms with Crippen LogP contribution in [0, 0.1) is 0 Å². The van der Waals surface area contributed by atoms with Crippen LogP contribution < -0.4 is 4.74 Å². The molecule has 3 heterocycles. The van der Waals surface area contributed by atoms with Crippen molar-refractivity contribution in [1.29, 1.82) is 0 Å². The minimum atomic E-state index is 0.342. The number of piperidine rings is 1. The summed E-state index contributed by atoms with van der Waals surface area (Å²) in [6.45, 7) is 6.20. The molecule has 2 aliphatic rings. The number of nitrogens with zero attached hydrogens (tertiary/aromatic N) is 3. The number of methoxy groups -OCH3 is 1. The zero-order valence-electron chi connectivity index (χ0n) is 16.3. The first-order valence-corrected chi connectivity index (χ1v) is 10.2. The average molecular weight is 360 g/mol. The van der Waals surface area contributed by atoms with Gasteiger partial charge in [0.1, 0.15) is 5.75 Å². The lowest BCUT2D eigenvalue weighted by molar-refractivity contribution is -0.131. The molecule has 1 aromatic heterocycles. The van der Waals surface area contributed by atoms with Crippen molar-refractivity contribution >= 4 is 5.91 Å². The van der Waals surface area contributed by atoms with Gasteiger partial charge in [0.25, 0.3) is 0 Å². The Balaban J connectivity index is 1.53. The molecule has 0 aliphatic carbocycles. The van der Waals surface area contributed by atoms with E-state index in [1.54, 1.807) is 7.11 Å². The standard InChI is InChI=1S/C21H33N3O2/c1-3-6-20(25)24-13-5-7-18(11-16-24)23-14-9-17(10-15-23)21-19(26-2)8-4-12-22-21/h4,8,12,17-18H,3,5-7,9-11,13-16H2,1-2H3. The second kappa shape index (κ2) is 9.36. The van der Waals surface area contributed by atoms with E-state index in [4.69, 9.17) is 4.74 Å². The van der Waals surface area contributed by atoms with Crippen LogP contribution in [0.25, 0.3) is 0 Å². The number of amides is 1. The first kappa shape index (κ1) is 19.2. The number of likely N-dealkylation sites (tertiary alicyclic amines) is 2. The lowest BCUT2D eigenvalue weighted by atomic mass is 9.91. The van der Waals surface area contributed by atoms with E-state index in [9.17, 15) is 4.79 Å². The van der Waals surface area contributed by atoms with Crippen molar-refractivity contribution in [3.05, 3.63) is 24.0 Å². The minimum absolute atomic E-state index is 0.342. The molecule has 0 spiro atoms. The molecule has 5 nitrogen and oxygen atoms in total. The topological polar surface area (TPSA) is 45.7 Å². The zero-order valence-corrected chi connectivity index (χ0v) is 16.3. The molecule has 2 saturated heterocycles. The van der Waals surface area contributed by atoms with Crippen LogP contribution >= 0.6 is 0 Å². The summed E-state index contributed by atoms with van der Waals surface area (Å²) in [7, 11) is 1.73. The Labute approximate surface area is 157 Å². The van der Waals surface area contributed by atoms with Gasteiger partial charge in [-0.05, 0) is 63.7 Å². The highest BCUT2D eigenvalue weighted by Gasteiger charge is 2.29. The van der Waals surface area contributed by atoms with Gasteiger partial charge in [-0.25, -0.2) is 0 Å². The highest BCUT2D eigenvalue weighted by molar-refractivity contribution is 5.76. The quantitative estimate of drug-likeness (QED) is 0.808. The van der Waals surface area contributed by atoms with Crippen molar-refractivity contribution in [2.24, 2.45) is 0 Å². The summed E-state index contributed by atoms with van der Waals surface area (Å²) >= 11 is 0. The molecule has 5 heteroatoms. The van der Waals surface area contributed by atoms with Gasteiger partial charge in [0.05, 0.1) is 12.8 Å². The number of aromatic nitrogens is 1. The minimum Gasteiger partial charge on any atom is -0.495 e. The number of hydrogen-bond acceptors (Lipinski definition) is 4. The second-order valence-corrected chi connectivity index (χ2v) is 7.62. The van der Waals surface area contributed by atoms with Gasteiger partial charge in [0.15, 0.2) is 0 Å². The molecule has 1 atom stereocenters. The molecule has 0 aromatic carbocycles. The first-order chi connectivity index (χ1) is 12.7. The third-order valence-electron chi connectivity index (χ3n) is 5.97. The summed E-state index contributed by atoms with van der Waals surface area (Å²) < 4.78 is 5.50. The van der Waals surface area contributed by atoms with Crippen LogP contribution in [-0.2, 0) is 4.79 Å². The van der Waals surface area contributed by atoms with Gasteiger partial charge >= 0.3 is 0 Å². The Morgan fingerprint density at radius 1 is 1.19 bits per heavy atom. The predicted octanol–water partition coefficient (Wildman–Crippen LogP) is 3.45. The van der Waals surface area contributed by atoms with Crippen LogP contribution in [0.15, 0.2) is 18.3 Å². The Morgan fingerprint density at radius 3 is 2.73 bits per heavy atom. The number of ether oxygens (including phenoxy) is 1. The maximum atomic E-state index is 12.2. The van der Waals surface area contributed by atoms with Gasteiger partial charge in [-0.2, -0.15) is 0 Å². The van der Waals surface area contributed by atoms with Crippen LogP contribution in [0.4, 0.5) is 0 Å². The van der Waals surface area contributed by atoms with Crippen molar-refractivity contribution in [2.45, 2.75) is 63.8 Å². The molecular weight excluding hydrogens is 326 g/mol. The van der Waals surface area contributed by atoms with E-state index in [2.05, 4.69) is 21.7 Å². The van der Waals surface area contributed by atoms with E-state index in [1.807, 2.05) is 18.3 Å². The van der Waals surface area contributed by atoms with Crippen molar-refractivity contribution in [3.8, 4) is 5.75 Å². The summed E-state index contributed by atoms with van der Waals surface area (Å²) in [5.74, 6) is 1.76. The molecule has 0 radical (unpaired) electrons. The molecule has 2 aliphatic heterocycles. The predicted molar refractivity (Wildman–Crippen MR) is 103 cm³/mol.